The topological polar surface area (TPSA) is 72.1 Å². The van der Waals surface area contributed by atoms with Crippen molar-refractivity contribution in [1.29, 1.82) is 0 Å². The number of pyridine rings is 2. The fraction of sp³-hybridized carbons (Fsp3) is 0.188. The van der Waals surface area contributed by atoms with Gasteiger partial charge in [-0.15, -0.1) is 0 Å². The number of aromatic nitrogens is 2. The Morgan fingerprint density at radius 1 is 1.33 bits per heavy atom. The lowest BCUT2D eigenvalue weighted by Gasteiger charge is -2.17. The zero-order valence-electron chi connectivity index (χ0n) is 11.8. The van der Waals surface area contributed by atoms with E-state index in [1.165, 1.54) is 0 Å². The first-order valence-electron chi connectivity index (χ1n) is 6.50. The van der Waals surface area contributed by atoms with Crippen LogP contribution < -0.4 is 5.73 Å². The normalized spacial score (nSPS) is 9.62. The molecular formula is C16H16N4O. The maximum absolute atomic E-state index is 12.5. The first-order valence-corrected chi connectivity index (χ1v) is 6.50. The predicted molar refractivity (Wildman–Crippen MR) is 80.2 cm³/mol. The second-order valence-electron chi connectivity index (χ2n) is 4.43. The molecule has 0 saturated carbocycles. The lowest BCUT2D eigenvalue weighted by Crippen LogP contribution is -2.27. The molecular weight excluding hydrogens is 264 g/mol. The van der Waals surface area contributed by atoms with Gasteiger partial charge in [0.1, 0.15) is 5.69 Å². The summed E-state index contributed by atoms with van der Waals surface area (Å²) >= 11 is 0. The van der Waals surface area contributed by atoms with Gasteiger partial charge in [-0.3, -0.25) is 9.78 Å². The molecule has 0 unspecified atom stereocenters. The molecule has 0 aliphatic rings. The van der Waals surface area contributed by atoms with Crippen LogP contribution >= 0.6 is 0 Å². The van der Waals surface area contributed by atoms with E-state index < -0.39 is 0 Å². The zero-order valence-corrected chi connectivity index (χ0v) is 11.8. The molecule has 0 spiro atoms. The van der Waals surface area contributed by atoms with Crippen LogP contribution in [-0.2, 0) is 6.54 Å². The summed E-state index contributed by atoms with van der Waals surface area (Å²) in [5.74, 6) is 5.44. The van der Waals surface area contributed by atoms with Crippen LogP contribution in [0.2, 0.25) is 0 Å². The van der Waals surface area contributed by atoms with Gasteiger partial charge in [-0.2, -0.15) is 0 Å². The van der Waals surface area contributed by atoms with E-state index in [2.05, 4.69) is 21.8 Å². The van der Waals surface area contributed by atoms with Gasteiger partial charge in [0.15, 0.2) is 0 Å². The van der Waals surface area contributed by atoms with E-state index in [4.69, 9.17) is 5.73 Å². The van der Waals surface area contributed by atoms with Crippen LogP contribution in [0, 0.1) is 11.8 Å². The molecule has 0 bridgehead atoms. The molecule has 0 radical (unpaired) electrons. The Bertz CT molecular complexity index is 673. The Labute approximate surface area is 123 Å². The minimum Gasteiger partial charge on any atom is -0.336 e. The standard InChI is InChI=1S/C16H16N4O/c1-20(12-13-5-3-9-18-11-13)16(21)15-14(6-2-8-17)7-4-10-19-15/h3-5,7,9-11H,8,12,17H2,1H3. The van der Waals surface area contributed by atoms with Crippen molar-refractivity contribution in [1.82, 2.24) is 14.9 Å². The highest BCUT2D eigenvalue weighted by molar-refractivity contribution is 5.94. The van der Waals surface area contributed by atoms with Crippen LogP contribution in [-0.4, -0.2) is 34.4 Å². The van der Waals surface area contributed by atoms with Crippen molar-refractivity contribution in [2.24, 2.45) is 5.73 Å². The third-order valence-corrected chi connectivity index (χ3v) is 2.82. The van der Waals surface area contributed by atoms with Crippen molar-refractivity contribution in [3.8, 4) is 11.8 Å². The molecule has 2 rings (SSSR count). The summed E-state index contributed by atoms with van der Waals surface area (Å²) in [7, 11) is 1.73. The van der Waals surface area contributed by atoms with Crippen LogP contribution in [0.1, 0.15) is 21.6 Å². The second-order valence-corrected chi connectivity index (χ2v) is 4.43. The van der Waals surface area contributed by atoms with E-state index in [-0.39, 0.29) is 12.5 Å². The maximum atomic E-state index is 12.5. The molecule has 0 fully saturated rings. The van der Waals surface area contributed by atoms with Gasteiger partial charge >= 0.3 is 0 Å². The third kappa shape index (κ3) is 3.88. The molecule has 0 aliphatic heterocycles. The van der Waals surface area contributed by atoms with E-state index in [1.54, 1.807) is 42.7 Å². The van der Waals surface area contributed by atoms with Crippen LogP contribution in [0.5, 0.6) is 0 Å². The molecule has 0 aromatic carbocycles. The van der Waals surface area contributed by atoms with E-state index >= 15 is 0 Å². The SMILES string of the molecule is CN(Cc1cccnc1)C(=O)c1ncccc1C#CCN. The van der Waals surface area contributed by atoms with E-state index in [0.29, 0.717) is 17.8 Å². The highest BCUT2D eigenvalue weighted by Gasteiger charge is 2.16. The van der Waals surface area contributed by atoms with E-state index in [0.717, 1.165) is 5.56 Å². The van der Waals surface area contributed by atoms with Gasteiger partial charge in [0, 0.05) is 32.2 Å². The first-order chi connectivity index (χ1) is 10.2. The molecule has 106 valence electrons. The van der Waals surface area contributed by atoms with E-state index in [1.807, 2.05) is 12.1 Å². The third-order valence-electron chi connectivity index (χ3n) is 2.82. The van der Waals surface area contributed by atoms with Crippen molar-refractivity contribution < 1.29 is 4.79 Å². The zero-order chi connectivity index (χ0) is 15.1. The maximum Gasteiger partial charge on any atom is 0.273 e. The van der Waals surface area contributed by atoms with Crippen LogP contribution in [0.15, 0.2) is 42.9 Å². The summed E-state index contributed by atoms with van der Waals surface area (Å²) in [4.78, 5) is 22.2. The van der Waals surface area contributed by atoms with Crippen molar-refractivity contribution in [3.05, 3.63) is 59.7 Å². The Balaban J connectivity index is 2.20. The largest absolute Gasteiger partial charge is 0.336 e. The van der Waals surface area contributed by atoms with Gasteiger partial charge in [-0.25, -0.2) is 4.98 Å². The number of rotatable bonds is 3. The van der Waals surface area contributed by atoms with Gasteiger partial charge in [-0.1, -0.05) is 17.9 Å². The van der Waals surface area contributed by atoms with Crippen LogP contribution in [0.3, 0.4) is 0 Å². The summed E-state index contributed by atoms with van der Waals surface area (Å²) in [6.45, 7) is 0.709. The summed E-state index contributed by atoms with van der Waals surface area (Å²) in [5, 5.41) is 0. The fourth-order valence-corrected chi connectivity index (χ4v) is 1.84. The minimum absolute atomic E-state index is 0.180. The first kappa shape index (κ1) is 14.7. The molecule has 2 aromatic rings. The summed E-state index contributed by atoms with van der Waals surface area (Å²) < 4.78 is 0. The number of carbonyl (C=O) groups excluding carboxylic acids is 1. The number of hydrogen-bond acceptors (Lipinski definition) is 4. The van der Waals surface area contributed by atoms with Gasteiger partial charge in [-0.05, 0) is 23.8 Å². The van der Waals surface area contributed by atoms with Crippen molar-refractivity contribution in [2.45, 2.75) is 6.54 Å². The fourth-order valence-electron chi connectivity index (χ4n) is 1.84. The highest BCUT2D eigenvalue weighted by Crippen LogP contribution is 2.09. The Kier molecular flexibility index (Phi) is 5.02. The molecule has 2 aromatic heterocycles. The monoisotopic (exact) mass is 280 g/mol. The van der Waals surface area contributed by atoms with Gasteiger partial charge < -0.3 is 10.6 Å². The highest BCUT2D eigenvalue weighted by atomic mass is 16.2. The predicted octanol–water partition coefficient (Wildman–Crippen LogP) is 1.06. The van der Waals surface area contributed by atoms with Gasteiger partial charge in [0.25, 0.3) is 5.91 Å². The summed E-state index contributed by atoms with van der Waals surface area (Å²) in [6.07, 6.45) is 5.01. The summed E-state index contributed by atoms with van der Waals surface area (Å²) in [5.41, 5.74) is 7.25. The molecule has 2 N–H and O–H groups in total. The average molecular weight is 280 g/mol. The molecule has 0 saturated heterocycles. The quantitative estimate of drug-likeness (QED) is 0.853. The summed E-state index contributed by atoms with van der Waals surface area (Å²) in [6, 6.07) is 7.27. The van der Waals surface area contributed by atoms with Crippen molar-refractivity contribution in [2.75, 3.05) is 13.6 Å². The Morgan fingerprint density at radius 2 is 2.14 bits per heavy atom. The van der Waals surface area contributed by atoms with Crippen LogP contribution in [0.25, 0.3) is 0 Å². The second kappa shape index (κ2) is 7.17. The molecule has 2 heterocycles. The number of amides is 1. The molecule has 0 atom stereocenters. The smallest absolute Gasteiger partial charge is 0.273 e. The minimum atomic E-state index is -0.180. The molecule has 0 aliphatic carbocycles. The Hall–Kier alpha value is -2.71. The van der Waals surface area contributed by atoms with Gasteiger partial charge in [0.2, 0.25) is 0 Å². The van der Waals surface area contributed by atoms with Crippen molar-refractivity contribution in [3.63, 3.8) is 0 Å². The lowest BCUT2D eigenvalue weighted by atomic mass is 10.1. The lowest BCUT2D eigenvalue weighted by molar-refractivity contribution is 0.0779. The van der Waals surface area contributed by atoms with E-state index in [9.17, 15) is 4.79 Å². The number of nitrogens with two attached hydrogens (primary N) is 1. The van der Waals surface area contributed by atoms with Gasteiger partial charge in [0.05, 0.1) is 12.1 Å². The average Bonchev–Trinajstić information content (AvgIpc) is 2.53. The Morgan fingerprint density at radius 3 is 2.86 bits per heavy atom. The molecule has 5 nitrogen and oxygen atoms in total. The number of carbonyl (C=O) groups is 1. The molecule has 1 amide bonds. The van der Waals surface area contributed by atoms with Crippen molar-refractivity contribution >= 4 is 5.91 Å². The number of nitrogens with zero attached hydrogens (tertiary/aromatic N) is 3. The van der Waals surface area contributed by atoms with Crippen LogP contribution in [0.4, 0.5) is 0 Å². The molecule has 21 heavy (non-hydrogen) atoms. The molecule has 5 heteroatoms. The number of hydrogen-bond donors (Lipinski definition) is 1.